The number of halogens is 1. The van der Waals surface area contributed by atoms with Crippen LogP contribution in [0, 0.1) is 0 Å². The first kappa shape index (κ1) is 15.6. The predicted molar refractivity (Wildman–Crippen MR) is 73.6 cm³/mol. The van der Waals surface area contributed by atoms with E-state index in [2.05, 4.69) is 21.9 Å². The maximum Gasteiger partial charge on any atom is 0.220 e. The molecular formula is C12H18ClN3O. The van der Waals surface area contributed by atoms with Crippen LogP contribution < -0.4 is 5.32 Å². The standard InChI is InChI=1S/C12H18ClN3O/c1-6-14-9(3)10(4)16-12(13)7-8(2)15-11(5)17/h6-7,10H,1H2,2-5H3,(H,15,17)/b8-7+,14-9?,16-12?. The molecule has 94 valence electrons. The van der Waals surface area contributed by atoms with Crippen molar-refractivity contribution in [3.63, 3.8) is 0 Å². The number of nitrogens with zero attached hydrogens (tertiary/aromatic N) is 2. The van der Waals surface area contributed by atoms with Gasteiger partial charge in [-0.1, -0.05) is 18.2 Å². The molecule has 0 saturated carbocycles. The van der Waals surface area contributed by atoms with Crippen molar-refractivity contribution in [3.8, 4) is 0 Å². The topological polar surface area (TPSA) is 53.8 Å². The van der Waals surface area contributed by atoms with Crippen molar-refractivity contribution < 1.29 is 4.79 Å². The molecule has 1 unspecified atom stereocenters. The lowest BCUT2D eigenvalue weighted by Gasteiger charge is -2.05. The maximum absolute atomic E-state index is 10.8. The summed E-state index contributed by atoms with van der Waals surface area (Å²) in [6.45, 7) is 10.4. The van der Waals surface area contributed by atoms with Gasteiger partial charge in [-0.25, -0.2) is 0 Å². The summed E-state index contributed by atoms with van der Waals surface area (Å²) in [4.78, 5) is 19.0. The second-order valence-electron chi connectivity index (χ2n) is 3.59. The van der Waals surface area contributed by atoms with Crippen molar-refractivity contribution >= 4 is 28.4 Å². The van der Waals surface area contributed by atoms with E-state index in [0.29, 0.717) is 10.9 Å². The molecule has 17 heavy (non-hydrogen) atoms. The summed E-state index contributed by atoms with van der Waals surface area (Å²) in [5.74, 6) is -0.138. The van der Waals surface area contributed by atoms with E-state index in [9.17, 15) is 4.79 Å². The highest BCUT2D eigenvalue weighted by Gasteiger charge is 2.03. The molecule has 0 radical (unpaired) electrons. The minimum atomic E-state index is -0.138. The average molecular weight is 256 g/mol. The van der Waals surface area contributed by atoms with Crippen LogP contribution in [0.15, 0.2) is 34.5 Å². The van der Waals surface area contributed by atoms with Gasteiger partial charge in [0.2, 0.25) is 5.91 Å². The molecule has 0 saturated heterocycles. The Labute approximate surface area is 107 Å². The molecule has 1 amide bonds. The SMILES string of the molecule is C=CN=C(C)C(C)N=C(Cl)/C=C(\C)NC(C)=O. The van der Waals surface area contributed by atoms with Gasteiger partial charge in [0.25, 0.3) is 0 Å². The quantitative estimate of drug-likeness (QED) is 0.755. The summed E-state index contributed by atoms with van der Waals surface area (Å²) < 4.78 is 0. The zero-order valence-electron chi connectivity index (χ0n) is 10.6. The van der Waals surface area contributed by atoms with E-state index in [1.807, 2.05) is 13.8 Å². The number of allylic oxidation sites excluding steroid dienone is 2. The highest BCUT2D eigenvalue weighted by molar-refractivity contribution is 6.68. The molecule has 0 aromatic carbocycles. The lowest BCUT2D eigenvalue weighted by atomic mass is 10.2. The van der Waals surface area contributed by atoms with E-state index in [4.69, 9.17) is 11.6 Å². The minimum Gasteiger partial charge on any atom is -0.330 e. The summed E-state index contributed by atoms with van der Waals surface area (Å²) in [7, 11) is 0. The van der Waals surface area contributed by atoms with Crippen LogP contribution in [0.1, 0.15) is 27.7 Å². The van der Waals surface area contributed by atoms with Crippen molar-refractivity contribution in [1.29, 1.82) is 0 Å². The number of rotatable bonds is 5. The summed E-state index contributed by atoms with van der Waals surface area (Å²) in [6, 6.07) is -0.123. The molecule has 0 heterocycles. The molecule has 4 nitrogen and oxygen atoms in total. The maximum atomic E-state index is 10.8. The van der Waals surface area contributed by atoms with Gasteiger partial charge in [-0.15, -0.1) is 0 Å². The number of amides is 1. The lowest BCUT2D eigenvalue weighted by molar-refractivity contribution is -0.118. The molecular weight excluding hydrogens is 238 g/mol. The largest absolute Gasteiger partial charge is 0.330 e. The van der Waals surface area contributed by atoms with Crippen molar-refractivity contribution in [1.82, 2.24) is 5.32 Å². The molecule has 1 atom stereocenters. The third kappa shape index (κ3) is 7.47. The third-order valence-corrected chi connectivity index (χ3v) is 2.13. The first-order chi connectivity index (χ1) is 7.86. The second kappa shape index (κ2) is 7.79. The van der Waals surface area contributed by atoms with Crippen LogP contribution in [0.2, 0.25) is 0 Å². The number of carbonyl (C=O) groups excluding carboxylic acids is 1. The Morgan fingerprint density at radius 1 is 1.41 bits per heavy atom. The summed E-state index contributed by atoms with van der Waals surface area (Å²) in [5.41, 5.74) is 1.47. The molecule has 5 heteroatoms. The Morgan fingerprint density at radius 2 is 2.00 bits per heavy atom. The van der Waals surface area contributed by atoms with Crippen molar-refractivity contribution in [2.24, 2.45) is 9.98 Å². The van der Waals surface area contributed by atoms with Crippen LogP contribution in [0.3, 0.4) is 0 Å². The van der Waals surface area contributed by atoms with E-state index in [1.165, 1.54) is 13.1 Å². The van der Waals surface area contributed by atoms with Gasteiger partial charge in [0, 0.05) is 24.5 Å². The Hall–Kier alpha value is -1.42. The predicted octanol–water partition coefficient (Wildman–Crippen LogP) is 2.66. The molecule has 0 aliphatic rings. The Balaban J connectivity index is 4.69. The van der Waals surface area contributed by atoms with E-state index in [0.717, 1.165) is 5.71 Å². The molecule has 1 N–H and O–H groups in total. The molecule has 0 bridgehead atoms. The first-order valence-electron chi connectivity index (χ1n) is 5.21. The summed E-state index contributed by atoms with van der Waals surface area (Å²) in [6.07, 6.45) is 3.06. The first-order valence-corrected chi connectivity index (χ1v) is 5.59. The monoisotopic (exact) mass is 255 g/mol. The molecule has 0 spiro atoms. The highest BCUT2D eigenvalue weighted by Crippen LogP contribution is 2.01. The van der Waals surface area contributed by atoms with Crippen LogP contribution in [0.4, 0.5) is 0 Å². The van der Waals surface area contributed by atoms with E-state index in [1.54, 1.807) is 13.0 Å². The van der Waals surface area contributed by atoms with Crippen LogP contribution in [0.5, 0.6) is 0 Å². The number of nitrogens with one attached hydrogen (secondary N) is 1. The summed E-state index contributed by atoms with van der Waals surface area (Å²) in [5, 5.41) is 2.93. The van der Waals surface area contributed by atoms with Crippen LogP contribution in [-0.4, -0.2) is 22.8 Å². The van der Waals surface area contributed by atoms with Gasteiger partial charge in [-0.3, -0.25) is 14.8 Å². The molecule has 0 aromatic heterocycles. The fraction of sp³-hybridized carbons (Fsp3) is 0.417. The average Bonchev–Trinajstić information content (AvgIpc) is 2.15. The van der Waals surface area contributed by atoms with Gasteiger partial charge in [-0.05, 0) is 26.8 Å². The molecule has 0 rings (SSSR count). The van der Waals surface area contributed by atoms with E-state index >= 15 is 0 Å². The second-order valence-corrected chi connectivity index (χ2v) is 3.98. The van der Waals surface area contributed by atoms with Crippen LogP contribution >= 0.6 is 11.6 Å². The van der Waals surface area contributed by atoms with E-state index < -0.39 is 0 Å². The van der Waals surface area contributed by atoms with Crippen molar-refractivity contribution in [3.05, 3.63) is 24.6 Å². The van der Waals surface area contributed by atoms with Gasteiger partial charge < -0.3 is 5.32 Å². The minimum absolute atomic E-state index is 0.123. The van der Waals surface area contributed by atoms with Gasteiger partial charge in [-0.2, -0.15) is 0 Å². The number of hydrogen-bond acceptors (Lipinski definition) is 3. The molecule has 0 aromatic rings. The fourth-order valence-corrected chi connectivity index (χ4v) is 1.37. The van der Waals surface area contributed by atoms with E-state index in [-0.39, 0.29) is 11.9 Å². The van der Waals surface area contributed by atoms with Gasteiger partial charge in [0.1, 0.15) is 5.17 Å². The Kier molecular flexibility index (Phi) is 7.14. The molecule has 0 aliphatic carbocycles. The van der Waals surface area contributed by atoms with Crippen LogP contribution in [0.25, 0.3) is 0 Å². The third-order valence-electron chi connectivity index (χ3n) is 1.93. The summed E-state index contributed by atoms with van der Waals surface area (Å²) >= 11 is 5.94. The van der Waals surface area contributed by atoms with Crippen molar-refractivity contribution in [2.75, 3.05) is 0 Å². The van der Waals surface area contributed by atoms with Gasteiger partial charge >= 0.3 is 0 Å². The Morgan fingerprint density at radius 3 is 2.47 bits per heavy atom. The van der Waals surface area contributed by atoms with Gasteiger partial charge in [0.05, 0.1) is 6.04 Å². The van der Waals surface area contributed by atoms with Crippen LogP contribution in [-0.2, 0) is 4.79 Å². The lowest BCUT2D eigenvalue weighted by Crippen LogP contribution is -2.18. The highest BCUT2D eigenvalue weighted by atomic mass is 35.5. The Bertz CT molecular complexity index is 383. The molecule has 0 aliphatic heterocycles. The van der Waals surface area contributed by atoms with Crippen molar-refractivity contribution in [2.45, 2.75) is 33.7 Å². The number of carbonyl (C=O) groups is 1. The normalized spacial score (nSPS) is 15.5. The van der Waals surface area contributed by atoms with Gasteiger partial charge in [0.15, 0.2) is 0 Å². The smallest absolute Gasteiger partial charge is 0.220 e. The number of hydrogen-bond donors (Lipinski definition) is 1. The molecule has 0 fully saturated rings. The fourth-order valence-electron chi connectivity index (χ4n) is 1.06. The zero-order chi connectivity index (χ0) is 13.4. The number of aliphatic imine (C=N–C) groups is 2. The zero-order valence-corrected chi connectivity index (χ0v) is 11.4.